The molecule has 0 saturated carbocycles. The normalized spacial score (nSPS) is 31.8. The van der Waals surface area contributed by atoms with Gasteiger partial charge in [0.25, 0.3) is 17.5 Å². The molecule has 19 heavy (non-hydrogen) atoms. The SMILES string of the molecule is N=C1CCS(=N)C1C(=O)N[P+](=O)[C@H]1CCCNC1=O. The first-order valence-electron chi connectivity index (χ1n) is 6.03. The van der Waals surface area contributed by atoms with Crippen molar-refractivity contribution >= 4 is 36.2 Å². The molecule has 2 rings (SSSR count). The quantitative estimate of drug-likeness (QED) is 0.560. The van der Waals surface area contributed by atoms with Gasteiger partial charge in [-0.3, -0.25) is 14.4 Å². The maximum absolute atomic E-state index is 12.0. The summed E-state index contributed by atoms with van der Waals surface area (Å²) in [6.07, 6.45) is 1.69. The second kappa shape index (κ2) is 5.88. The van der Waals surface area contributed by atoms with Crippen LogP contribution in [0.25, 0.3) is 0 Å². The van der Waals surface area contributed by atoms with Gasteiger partial charge in [-0.05, 0) is 17.4 Å². The maximum Gasteiger partial charge on any atom is 0.475 e. The van der Waals surface area contributed by atoms with Crippen LogP contribution >= 0.6 is 7.95 Å². The Morgan fingerprint density at radius 1 is 1.53 bits per heavy atom. The van der Waals surface area contributed by atoms with E-state index in [2.05, 4.69) is 10.4 Å². The minimum absolute atomic E-state index is 0.229. The molecule has 9 heteroatoms. The molecule has 7 nitrogen and oxygen atoms in total. The molecule has 0 bridgehead atoms. The van der Waals surface area contributed by atoms with Crippen molar-refractivity contribution in [2.45, 2.75) is 30.2 Å². The molecule has 0 spiro atoms. The molecule has 2 aliphatic rings. The van der Waals surface area contributed by atoms with Gasteiger partial charge in [-0.15, -0.1) is 5.09 Å². The van der Waals surface area contributed by atoms with Crippen LogP contribution in [0.2, 0.25) is 0 Å². The first-order chi connectivity index (χ1) is 9.00. The van der Waals surface area contributed by atoms with Crippen LogP contribution in [0.15, 0.2) is 0 Å². The minimum Gasteiger partial charge on any atom is -0.352 e. The lowest BCUT2D eigenvalue weighted by molar-refractivity contribution is -0.121. The summed E-state index contributed by atoms with van der Waals surface area (Å²) in [7, 11) is -3.09. The van der Waals surface area contributed by atoms with E-state index in [0.717, 1.165) is 6.42 Å². The van der Waals surface area contributed by atoms with E-state index in [1.807, 2.05) is 0 Å². The second-order valence-corrected chi connectivity index (χ2v) is 7.78. The summed E-state index contributed by atoms with van der Waals surface area (Å²) in [5, 5.41) is 11.8. The Morgan fingerprint density at radius 2 is 2.26 bits per heavy atom. The van der Waals surface area contributed by atoms with Gasteiger partial charge in [0, 0.05) is 24.4 Å². The minimum atomic E-state index is -2.17. The molecule has 0 aliphatic carbocycles. The third kappa shape index (κ3) is 3.06. The molecule has 104 valence electrons. The fraction of sp³-hybridized carbons (Fsp3) is 0.700. The van der Waals surface area contributed by atoms with Crippen LogP contribution in [0.4, 0.5) is 0 Å². The Morgan fingerprint density at radius 3 is 2.84 bits per heavy atom. The first-order valence-corrected chi connectivity index (χ1v) is 8.82. The molecule has 0 aromatic carbocycles. The summed E-state index contributed by atoms with van der Waals surface area (Å²) in [5.41, 5.74) is -0.455. The van der Waals surface area contributed by atoms with Gasteiger partial charge in [0.1, 0.15) is 5.25 Å². The summed E-state index contributed by atoms with van der Waals surface area (Å²) >= 11 is 0. The van der Waals surface area contributed by atoms with E-state index >= 15 is 0 Å². The Hall–Kier alpha value is -1.14. The molecular weight excluding hydrogens is 287 g/mol. The van der Waals surface area contributed by atoms with Crippen molar-refractivity contribution in [1.29, 1.82) is 10.2 Å². The maximum atomic E-state index is 12.0. The third-order valence-electron chi connectivity index (χ3n) is 3.19. The van der Waals surface area contributed by atoms with E-state index in [0.29, 0.717) is 25.1 Å². The highest BCUT2D eigenvalue weighted by molar-refractivity contribution is 7.89. The standard InChI is InChI=1S/C10H15N4O3PS/c11-6-3-5-19(12)8(6)10(16)14-18(17)7-2-1-4-13-9(7)15/h7-8,11-12H,1-5H2,(H-,13,14,15,16,17)/p+1/t7-,8?,19?/m0/s1. The van der Waals surface area contributed by atoms with Crippen molar-refractivity contribution < 1.29 is 14.2 Å². The molecule has 2 fully saturated rings. The van der Waals surface area contributed by atoms with E-state index in [-0.39, 0.29) is 11.6 Å². The number of amides is 2. The fourth-order valence-electron chi connectivity index (χ4n) is 2.15. The van der Waals surface area contributed by atoms with Gasteiger partial charge >= 0.3 is 7.95 Å². The highest BCUT2D eigenvalue weighted by atomic mass is 32.2. The highest BCUT2D eigenvalue weighted by Gasteiger charge is 2.43. The highest BCUT2D eigenvalue weighted by Crippen LogP contribution is 2.30. The van der Waals surface area contributed by atoms with Crippen molar-refractivity contribution in [3.05, 3.63) is 0 Å². The number of rotatable bonds is 3. The molecule has 2 amide bonds. The van der Waals surface area contributed by atoms with Gasteiger partial charge in [-0.25, -0.2) is 0 Å². The molecule has 4 atom stereocenters. The van der Waals surface area contributed by atoms with Gasteiger partial charge in [0.05, 0.1) is 0 Å². The van der Waals surface area contributed by atoms with Crippen molar-refractivity contribution in [3.63, 3.8) is 0 Å². The van der Waals surface area contributed by atoms with Gasteiger partial charge in [-0.1, -0.05) is 10.7 Å². The number of nitrogens with one attached hydrogen (secondary N) is 4. The molecule has 0 aromatic rings. The van der Waals surface area contributed by atoms with Crippen molar-refractivity contribution in [1.82, 2.24) is 10.4 Å². The lowest BCUT2D eigenvalue weighted by Crippen LogP contribution is -2.42. The van der Waals surface area contributed by atoms with Crippen LogP contribution < -0.4 is 10.4 Å². The van der Waals surface area contributed by atoms with Crippen molar-refractivity contribution in [3.8, 4) is 0 Å². The van der Waals surface area contributed by atoms with Crippen molar-refractivity contribution in [2.75, 3.05) is 12.3 Å². The topological polar surface area (TPSA) is 123 Å². The number of carbonyl (C=O) groups is 2. The van der Waals surface area contributed by atoms with Gasteiger partial charge in [-0.2, -0.15) is 0 Å². The molecule has 4 N–H and O–H groups in total. The molecule has 0 radical (unpaired) electrons. The zero-order chi connectivity index (χ0) is 14.0. The zero-order valence-electron chi connectivity index (χ0n) is 10.3. The average Bonchev–Trinajstić information content (AvgIpc) is 2.69. The Balaban J connectivity index is 1.98. The number of hydrogen-bond acceptors (Lipinski definition) is 5. The van der Waals surface area contributed by atoms with E-state index < -0.39 is 35.5 Å². The fourth-order valence-corrected chi connectivity index (χ4v) is 4.92. The summed E-state index contributed by atoms with van der Waals surface area (Å²) in [5.74, 6) is -0.322. The number of piperidine rings is 1. The summed E-state index contributed by atoms with van der Waals surface area (Å²) in [6, 6.07) is 0. The lowest BCUT2D eigenvalue weighted by Gasteiger charge is -2.14. The Kier molecular flexibility index (Phi) is 4.42. The van der Waals surface area contributed by atoms with Gasteiger partial charge in [0.15, 0.2) is 0 Å². The Labute approximate surface area is 114 Å². The molecular formula is C10H16N4O3PS+. The van der Waals surface area contributed by atoms with Crippen LogP contribution in [-0.2, 0) is 24.8 Å². The Bertz CT molecular complexity index is 465. The number of hydrogen-bond donors (Lipinski definition) is 4. The first kappa shape index (κ1) is 14.3. The van der Waals surface area contributed by atoms with Gasteiger partial charge in [0.2, 0.25) is 0 Å². The van der Waals surface area contributed by atoms with E-state index in [1.165, 1.54) is 0 Å². The molecule has 0 aromatic heterocycles. The lowest BCUT2D eigenvalue weighted by atomic mass is 10.1. The van der Waals surface area contributed by atoms with Crippen LogP contribution in [0.3, 0.4) is 0 Å². The molecule has 2 aliphatic heterocycles. The predicted molar refractivity (Wildman–Crippen MR) is 72.9 cm³/mol. The monoisotopic (exact) mass is 303 g/mol. The molecule has 3 unspecified atom stereocenters. The summed E-state index contributed by atoms with van der Waals surface area (Å²) < 4.78 is 19.7. The second-order valence-electron chi connectivity index (χ2n) is 4.54. The summed E-state index contributed by atoms with van der Waals surface area (Å²) in [6.45, 7) is 0.579. The summed E-state index contributed by atoms with van der Waals surface area (Å²) in [4.78, 5) is 23.5. The van der Waals surface area contributed by atoms with Crippen molar-refractivity contribution in [2.24, 2.45) is 0 Å². The van der Waals surface area contributed by atoms with Crippen LogP contribution in [-0.4, -0.2) is 40.7 Å². The van der Waals surface area contributed by atoms with Crippen LogP contribution in [0.1, 0.15) is 19.3 Å². The van der Waals surface area contributed by atoms with E-state index in [1.54, 1.807) is 0 Å². The molecule has 2 saturated heterocycles. The van der Waals surface area contributed by atoms with Gasteiger partial charge < -0.3 is 10.7 Å². The van der Waals surface area contributed by atoms with E-state index in [4.69, 9.17) is 10.2 Å². The largest absolute Gasteiger partial charge is 0.475 e. The predicted octanol–water partition coefficient (Wildman–Crippen LogP) is 0.296. The third-order valence-corrected chi connectivity index (χ3v) is 6.40. The number of carbonyl (C=O) groups excluding carboxylic acids is 2. The smallest absolute Gasteiger partial charge is 0.352 e. The zero-order valence-corrected chi connectivity index (χ0v) is 12.0. The van der Waals surface area contributed by atoms with E-state index in [9.17, 15) is 14.2 Å². The molecule has 2 heterocycles. The average molecular weight is 303 g/mol. The van der Waals surface area contributed by atoms with Crippen LogP contribution in [0.5, 0.6) is 0 Å². The van der Waals surface area contributed by atoms with Crippen LogP contribution in [0, 0.1) is 10.2 Å².